The summed E-state index contributed by atoms with van der Waals surface area (Å²) in [6.07, 6.45) is 1.72. The van der Waals surface area contributed by atoms with E-state index in [0.717, 1.165) is 12.7 Å². The minimum absolute atomic E-state index is 1.00. The molecule has 0 unspecified atom stereocenters. The van der Waals surface area contributed by atoms with E-state index in [-0.39, 0.29) is 0 Å². The first-order valence-electron chi connectivity index (χ1n) is 2.00. The number of allylic oxidation sites excluding steroid dienone is 2. The van der Waals surface area contributed by atoms with Crippen molar-refractivity contribution in [1.82, 2.24) is 0 Å². The Morgan fingerprint density at radius 1 is 1.57 bits per heavy atom. The van der Waals surface area contributed by atoms with Crippen molar-refractivity contribution in [3.05, 3.63) is 24.8 Å². The summed E-state index contributed by atoms with van der Waals surface area (Å²) in [6.45, 7) is 8.93. The summed E-state index contributed by atoms with van der Waals surface area (Å²) in [4.78, 5) is 0. The largest absolute Gasteiger partial charge is 0.400 e. The molecule has 0 aromatic heterocycles. The van der Waals surface area contributed by atoms with Crippen molar-refractivity contribution < 1.29 is 5.11 Å². The van der Waals surface area contributed by atoms with Crippen LogP contribution in [0.25, 0.3) is 0 Å². The molecule has 0 atom stereocenters. The third-order valence-electron chi connectivity index (χ3n) is 0.348. The third-order valence-corrected chi connectivity index (χ3v) is 0.348. The van der Waals surface area contributed by atoms with E-state index in [9.17, 15) is 0 Å². The van der Waals surface area contributed by atoms with Crippen LogP contribution in [0.15, 0.2) is 24.8 Å². The molecule has 42 valence electrons. The smallest absolute Gasteiger partial charge is 0.0319 e. The predicted octanol–water partition coefficient (Wildman–Crippen LogP) is 1.36. The molecule has 0 aromatic rings. The minimum atomic E-state index is 1.00. The van der Waals surface area contributed by atoms with Crippen LogP contribution in [-0.4, -0.2) is 12.2 Å². The molecule has 0 saturated carbocycles. The molecule has 0 aliphatic rings. The van der Waals surface area contributed by atoms with Crippen molar-refractivity contribution in [2.75, 3.05) is 7.11 Å². The highest BCUT2D eigenvalue weighted by Gasteiger charge is 1.59. The van der Waals surface area contributed by atoms with Gasteiger partial charge in [-0.2, -0.15) is 0 Å². The van der Waals surface area contributed by atoms with Gasteiger partial charge in [0.1, 0.15) is 0 Å². The van der Waals surface area contributed by atoms with E-state index >= 15 is 0 Å². The van der Waals surface area contributed by atoms with Crippen LogP contribution in [0, 0.1) is 0 Å². The van der Waals surface area contributed by atoms with E-state index in [2.05, 4.69) is 13.2 Å². The molecular weight excluding hydrogens is 88.1 g/mol. The molecule has 1 nitrogen and oxygen atoms in total. The summed E-state index contributed by atoms with van der Waals surface area (Å²) in [5, 5.41) is 7.00. The fourth-order valence-corrected chi connectivity index (χ4v) is 0. The van der Waals surface area contributed by atoms with Gasteiger partial charge in [0.05, 0.1) is 0 Å². The topological polar surface area (TPSA) is 20.2 Å². The first-order valence-corrected chi connectivity index (χ1v) is 2.00. The van der Waals surface area contributed by atoms with Gasteiger partial charge in [0.2, 0.25) is 0 Å². The lowest BCUT2D eigenvalue weighted by molar-refractivity contribution is 0.399. The molecule has 7 heavy (non-hydrogen) atoms. The maximum atomic E-state index is 7.00. The van der Waals surface area contributed by atoms with Gasteiger partial charge in [0.15, 0.2) is 0 Å². The predicted molar refractivity (Wildman–Crippen MR) is 33.2 cm³/mol. The monoisotopic (exact) mass is 100 g/mol. The van der Waals surface area contributed by atoms with Crippen molar-refractivity contribution >= 4 is 0 Å². The molecule has 0 saturated heterocycles. The van der Waals surface area contributed by atoms with Crippen LogP contribution in [0.2, 0.25) is 0 Å². The summed E-state index contributed by atoms with van der Waals surface area (Å²) in [5.41, 5.74) is 1.02. The molecule has 0 radical (unpaired) electrons. The molecule has 0 amide bonds. The van der Waals surface area contributed by atoms with Gasteiger partial charge < -0.3 is 5.11 Å². The summed E-state index contributed by atoms with van der Waals surface area (Å²) >= 11 is 0. The van der Waals surface area contributed by atoms with Gasteiger partial charge in [-0.05, 0) is 6.92 Å². The first kappa shape index (κ1) is 9.67. The molecule has 0 bridgehead atoms. The van der Waals surface area contributed by atoms with Gasteiger partial charge >= 0.3 is 0 Å². The minimum Gasteiger partial charge on any atom is -0.400 e. The van der Waals surface area contributed by atoms with Crippen molar-refractivity contribution in [3.63, 3.8) is 0 Å². The molecular formula is C6H12O. The first-order chi connectivity index (χ1) is 3.27. The van der Waals surface area contributed by atoms with Crippen molar-refractivity contribution in [1.29, 1.82) is 0 Å². The van der Waals surface area contributed by atoms with Gasteiger partial charge in [-0.25, -0.2) is 0 Å². The molecule has 1 heteroatoms. The lowest BCUT2D eigenvalue weighted by atomic mass is 10.4. The van der Waals surface area contributed by atoms with Crippen LogP contribution in [0.3, 0.4) is 0 Å². The zero-order valence-electron chi connectivity index (χ0n) is 4.94. The Morgan fingerprint density at radius 2 is 1.71 bits per heavy atom. The zero-order valence-corrected chi connectivity index (χ0v) is 4.94. The van der Waals surface area contributed by atoms with Crippen molar-refractivity contribution in [2.24, 2.45) is 0 Å². The van der Waals surface area contributed by atoms with E-state index in [1.165, 1.54) is 0 Å². The van der Waals surface area contributed by atoms with E-state index in [4.69, 9.17) is 5.11 Å². The van der Waals surface area contributed by atoms with E-state index in [0.29, 0.717) is 0 Å². The van der Waals surface area contributed by atoms with Crippen molar-refractivity contribution in [2.45, 2.75) is 6.92 Å². The highest BCUT2D eigenvalue weighted by Crippen LogP contribution is 1.81. The van der Waals surface area contributed by atoms with Crippen LogP contribution in [-0.2, 0) is 0 Å². The van der Waals surface area contributed by atoms with Gasteiger partial charge in [0.25, 0.3) is 0 Å². The van der Waals surface area contributed by atoms with Crippen LogP contribution >= 0.6 is 0 Å². The summed E-state index contributed by atoms with van der Waals surface area (Å²) in [5.74, 6) is 0. The summed E-state index contributed by atoms with van der Waals surface area (Å²) in [7, 11) is 1.00. The Morgan fingerprint density at radius 3 is 1.71 bits per heavy atom. The van der Waals surface area contributed by atoms with E-state index in [1.54, 1.807) is 6.08 Å². The van der Waals surface area contributed by atoms with Crippen molar-refractivity contribution in [3.8, 4) is 0 Å². The number of aliphatic hydroxyl groups excluding tert-OH is 1. The highest BCUT2D eigenvalue weighted by molar-refractivity contribution is 5.05. The van der Waals surface area contributed by atoms with Crippen LogP contribution < -0.4 is 0 Å². The number of aliphatic hydroxyl groups is 1. The molecule has 0 aliphatic heterocycles. The fraction of sp³-hybridized carbons (Fsp3) is 0.333. The Labute approximate surface area is 45.0 Å². The van der Waals surface area contributed by atoms with Crippen LogP contribution in [0.5, 0.6) is 0 Å². The highest BCUT2D eigenvalue weighted by atomic mass is 16.2. The molecule has 0 spiro atoms. The second-order valence-electron chi connectivity index (χ2n) is 1.05. The van der Waals surface area contributed by atoms with Gasteiger partial charge in [-0.3, -0.25) is 0 Å². The number of hydrogen-bond donors (Lipinski definition) is 1. The lowest BCUT2D eigenvalue weighted by Crippen LogP contribution is -1.50. The Hall–Kier alpha value is -0.560. The number of rotatable bonds is 1. The van der Waals surface area contributed by atoms with Crippen LogP contribution in [0.1, 0.15) is 6.92 Å². The maximum Gasteiger partial charge on any atom is 0.0319 e. The average Bonchev–Trinajstić information content (AvgIpc) is 1.73. The van der Waals surface area contributed by atoms with Gasteiger partial charge in [0, 0.05) is 7.11 Å². The molecule has 0 aromatic carbocycles. The lowest BCUT2D eigenvalue weighted by Gasteiger charge is -1.71. The van der Waals surface area contributed by atoms with Gasteiger partial charge in [-0.15, -0.1) is 0 Å². The Bertz CT molecular complexity index is 55.2. The maximum absolute atomic E-state index is 7.00. The number of hydrogen-bond acceptors (Lipinski definition) is 1. The Balaban J connectivity index is 0. The third kappa shape index (κ3) is 31.0. The quantitative estimate of drug-likeness (QED) is 0.493. The summed E-state index contributed by atoms with van der Waals surface area (Å²) in [6, 6.07) is 0. The Kier molecular flexibility index (Phi) is 12.5. The standard InChI is InChI=1S/C5H8.CH4O/c1-4-5(2)3;1-2/h4H,1-2H2,3H3;2H,1H3. The van der Waals surface area contributed by atoms with Gasteiger partial charge in [-0.1, -0.05) is 24.8 Å². The molecule has 0 aliphatic carbocycles. The van der Waals surface area contributed by atoms with Crippen LogP contribution in [0.4, 0.5) is 0 Å². The second kappa shape index (κ2) is 9.06. The van der Waals surface area contributed by atoms with E-state index < -0.39 is 0 Å². The second-order valence-corrected chi connectivity index (χ2v) is 1.05. The summed E-state index contributed by atoms with van der Waals surface area (Å²) < 4.78 is 0. The molecule has 1 N–H and O–H groups in total. The molecule has 0 heterocycles. The zero-order chi connectivity index (χ0) is 6.28. The molecule has 0 rings (SSSR count). The average molecular weight is 100 g/mol. The molecule has 0 fully saturated rings. The van der Waals surface area contributed by atoms with E-state index in [1.807, 2.05) is 6.92 Å². The normalized spacial score (nSPS) is 5.57. The fourth-order valence-electron chi connectivity index (χ4n) is 0. The SMILES string of the molecule is C=CC(=C)C.CO.